The minimum atomic E-state index is 0.244. The summed E-state index contributed by atoms with van der Waals surface area (Å²) < 4.78 is 0.647. The van der Waals surface area contributed by atoms with Crippen LogP contribution in [0.25, 0.3) is 10.3 Å². The first kappa shape index (κ1) is 7.39. The van der Waals surface area contributed by atoms with Gasteiger partial charge in [-0.05, 0) is 27.5 Å². The molecule has 0 spiro atoms. The van der Waals surface area contributed by atoms with Gasteiger partial charge in [-0.1, -0.05) is 0 Å². The molecule has 0 radical (unpaired) electrons. The Labute approximate surface area is 79.6 Å². The maximum absolute atomic E-state index is 5.61. The first-order valence-electron chi connectivity index (χ1n) is 2.69. The lowest BCUT2D eigenvalue weighted by Crippen LogP contribution is -1.83. The van der Waals surface area contributed by atoms with E-state index in [-0.39, 0.29) is 5.28 Å². The van der Waals surface area contributed by atoms with Gasteiger partial charge in [0.05, 0.1) is 5.51 Å². The van der Waals surface area contributed by atoms with Crippen LogP contribution in [0.15, 0.2) is 10.1 Å². The molecule has 2 heterocycles. The smallest absolute Gasteiger partial charge is 0.224 e. The molecule has 0 atom stereocenters. The van der Waals surface area contributed by atoms with Gasteiger partial charge in [0.25, 0.3) is 0 Å². The predicted molar refractivity (Wildman–Crippen MR) is 47.9 cm³/mol. The Morgan fingerprint density at radius 3 is 3.09 bits per heavy atom. The number of fused-ring (bicyclic) bond motifs is 1. The van der Waals surface area contributed by atoms with Gasteiger partial charge in [0.15, 0.2) is 0 Å². The molecule has 0 saturated heterocycles. The second-order valence-electron chi connectivity index (χ2n) is 1.79. The van der Waals surface area contributed by atoms with E-state index in [1.54, 1.807) is 5.51 Å². The van der Waals surface area contributed by atoms with Gasteiger partial charge in [0.2, 0.25) is 5.28 Å². The van der Waals surface area contributed by atoms with Gasteiger partial charge in [-0.3, -0.25) is 0 Å². The molecule has 0 aromatic carbocycles. The Morgan fingerprint density at radius 2 is 2.27 bits per heavy atom. The van der Waals surface area contributed by atoms with Gasteiger partial charge in [0.1, 0.15) is 15.0 Å². The fourth-order valence-electron chi connectivity index (χ4n) is 0.704. The number of nitrogens with zero attached hydrogens (tertiary/aromatic N) is 3. The van der Waals surface area contributed by atoms with Crippen LogP contribution in [0.2, 0.25) is 5.28 Å². The van der Waals surface area contributed by atoms with Crippen molar-refractivity contribution in [1.29, 1.82) is 0 Å². The number of halogens is 2. The third kappa shape index (κ3) is 1.23. The molecule has 0 aliphatic heterocycles. The van der Waals surface area contributed by atoms with E-state index in [1.807, 2.05) is 0 Å². The highest BCUT2D eigenvalue weighted by molar-refractivity contribution is 9.10. The molecule has 2 aromatic heterocycles. The zero-order valence-corrected chi connectivity index (χ0v) is 8.24. The lowest BCUT2D eigenvalue weighted by molar-refractivity contribution is 1.19. The summed E-state index contributed by atoms with van der Waals surface area (Å²) >= 11 is 10.3. The summed E-state index contributed by atoms with van der Waals surface area (Å²) in [4.78, 5) is 12.7. The Hall–Kier alpha value is -0.260. The summed E-state index contributed by atoms with van der Waals surface area (Å²) in [6, 6.07) is 0. The van der Waals surface area contributed by atoms with Gasteiger partial charge in [-0.2, -0.15) is 0 Å². The predicted octanol–water partition coefficient (Wildman–Crippen LogP) is 2.50. The first-order valence-corrected chi connectivity index (χ1v) is 4.74. The lowest BCUT2D eigenvalue weighted by Gasteiger charge is -1.90. The van der Waals surface area contributed by atoms with Crippen LogP contribution >= 0.6 is 38.9 Å². The van der Waals surface area contributed by atoms with Crippen molar-refractivity contribution in [2.24, 2.45) is 0 Å². The van der Waals surface area contributed by atoms with E-state index in [1.165, 1.54) is 11.3 Å². The van der Waals surface area contributed by atoms with E-state index in [4.69, 9.17) is 11.6 Å². The number of aromatic nitrogens is 3. The molecule has 0 aliphatic carbocycles. The van der Waals surface area contributed by atoms with Crippen LogP contribution in [0.1, 0.15) is 0 Å². The number of thiazole rings is 1. The van der Waals surface area contributed by atoms with Crippen molar-refractivity contribution in [3.8, 4) is 0 Å². The Balaban J connectivity index is 2.91. The summed E-state index contributed by atoms with van der Waals surface area (Å²) in [7, 11) is 0. The molecule has 6 heteroatoms. The molecule has 0 aliphatic rings. The van der Waals surface area contributed by atoms with Crippen molar-refractivity contribution < 1.29 is 0 Å². The quantitative estimate of drug-likeness (QED) is 0.533. The monoisotopic (exact) mass is 249 g/mol. The minimum absolute atomic E-state index is 0.244. The molecular formula is C5HBrClN3S. The molecule has 2 rings (SSSR count). The topological polar surface area (TPSA) is 38.7 Å². The molecule has 0 saturated carbocycles. The van der Waals surface area contributed by atoms with Gasteiger partial charge in [-0.15, -0.1) is 11.3 Å². The van der Waals surface area contributed by atoms with Gasteiger partial charge in [-0.25, -0.2) is 15.0 Å². The van der Waals surface area contributed by atoms with Crippen LogP contribution in [0.4, 0.5) is 0 Å². The second-order valence-corrected chi connectivity index (χ2v) is 3.71. The molecule has 3 nitrogen and oxygen atoms in total. The SMILES string of the molecule is Clc1nc(Br)c2ncsc2n1. The summed E-state index contributed by atoms with van der Waals surface area (Å²) in [5.41, 5.74) is 2.47. The standard InChI is InChI=1S/C5HBrClN3S/c6-3-2-4(11-1-8-2)10-5(7)9-3/h1H. The van der Waals surface area contributed by atoms with E-state index in [2.05, 4.69) is 30.9 Å². The highest BCUT2D eigenvalue weighted by Gasteiger charge is 2.05. The Kier molecular flexibility index (Phi) is 1.78. The van der Waals surface area contributed by atoms with E-state index >= 15 is 0 Å². The zero-order valence-electron chi connectivity index (χ0n) is 5.08. The van der Waals surface area contributed by atoms with Crippen molar-refractivity contribution in [3.05, 3.63) is 15.4 Å². The average molecular weight is 251 g/mol. The zero-order chi connectivity index (χ0) is 7.84. The van der Waals surface area contributed by atoms with Crippen molar-refractivity contribution in [2.75, 3.05) is 0 Å². The summed E-state index contributed by atoms with van der Waals surface area (Å²) in [6.45, 7) is 0. The first-order chi connectivity index (χ1) is 5.27. The van der Waals surface area contributed by atoms with Crippen LogP contribution in [-0.4, -0.2) is 15.0 Å². The molecular weight excluding hydrogens is 250 g/mol. The Bertz CT molecular complexity index is 402. The second kappa shape index (κ2) is 2.66. The molecule has 2 aromatic rings. The molecule has 56 valence electrons. The van der Waals surface area contributed by atoms with E-state index in [9.17, 15) is 0 Å². The summed E-state index contributed by atoms with van der Waals surface area (Å²) in [5.74, 6) is 0. The van der Waals surface area contributed by atoms with Gasteiger partial charge in [0, 0.05) is 0 Å². The average Bonchev–Trinajstić information content (AvgIpc) is 2.34. The maximum atomic E-state index is 5.61. The molecule has 0 bridgehead atoms. The number of hydrogen-bond donors (Lipinski definition) is 0. The van der Waals surface area contributed by atoms with E-state index in [0.29, 0.717) is 4.60 Å². The van der Waals surface area contributed by atoms with Crippen LogP contribution in [0.5, 0.6) is 0 Å². The molecule has 0 fully saturated rings. The van der Waals surface area contributed by atoms with E-state index in [0.717, 1.165) is 10.3 Å². The largest absolute Gasteiger partial charge is 0.240 e. The third-order valence-electron chi connectivity index (χ3n) is 1.13. The highest BCUT2D eigenvalue weighted by atomic mass is 79.9. The number of rotatable bonds is 0. The van der Waals surface area contributed by atoms with Crippen LogP contribution in [0, 0.1) is 0 Å². The molecule has 0 amide bonds. The van der Waals surface area contributed by atoms with Crippen molar-refractivity contribution in [3.63, 3.8) is 0 Å². The van der Waals surface area contributed by atoms with Gasteiger partial charge < -0.3 is 0 Å². The van der Waals surface area contributed by atoms with Crippen molar-refractivity contribution in [2.45, 2.75) is 0 Å². The molecule has 11 heavy (non-hydrogen) atoms. The number of hydrogen-bond acceptors (Lipinski definition) is 4. The Morgan fingerprint density at radius 1 is 1.45 bits per heavy atom. The summed E-state index contributed by atoms with van der Waals surface area (Å²) in [6.07, 6.45) is 0. The fourth-order valence-corrected chi connectivity index (χ4v) is 2.27. The van der Waals surface area contributed by atoms with Crippen LogP contribution < -0.4 is 0 Å². The highest BCUT2D eigenvalue weighted by Crippen LogP contribution is 2.23. The lowest BCUT2D eigenvalue weighted by atomic mass is 10.6. The minimum Gasteiger partial charge on any atom is -0.240 e. The fraction of sp³-hybridized carbons (Fsp3) is 0. The van der Waals surface area contributed by atoms with E-state index < -0.39 is 0 Å². The van der Waals surface area contributed by atoms with Crippen LogP contribution in [0.3, 0.4) is 0 Å². The molecule has 0 unspecified atom stereocenters. The third-order valence-corrected chi connectivity index (χ3v) is 2.57. The summed E-state index contributed by atoms with van der Waals surface area (Å²) in [5, 5.41) is 0.244. The van der Waals surface area contributed by atoms with Crippen LogP contribution in [-0.2, 0) is 0 Å². The van der Waals surface area contributed by atoms with Crippen molar-refractivity contribution in [1.82, 2.24) is 15.0 Å². The normalized spacial score (nSPS) is 10.7. The maximum Gasteiger partial charge on any atom is 0.224 e. The van der Waals surface area contributed by atoms with Gasteiger partial charge >= 0.3 is 0 Å². The molecule has 0 N–H and O–H groups in total. The van der Waals surface area contributed by atoms with Crippen molar-refractivity contribution >= 4 is 49.2 Å².